The van der Waals surface area contributed by atoms with Gasteiger partial charge in [-0.3, -0.25) is 0 Å². The summed E-state index contributed by atoms with van der Waals surface area (Å²) >= 11 is 0. The van der Waals surface area contributed by atoms with E-state index in [2.05, 4.69) is 38.7 Å². The van der Waals surface area contributed by atoms with Crippen LogP contribution in [0.1, 0.15) is 14.8 Å². The zero-order valence-electron chi connectivity index (χ0n) is 9.36. The van der Waals surface area contributed by atoms with Crippen molar-refractivity contribution < 1.29 is 20.3 Å². The Bertz CT molecular complexity index is 201. The second kappa shape index (κ2) is 3.80. The molecular weight excluding hydrogens is 143 g/mol. The number of allylic oxidation sites excluding steroid dienone is 4. The van der Waals surface area contributed by atoms with E-state index in [1.807, 2.05) is 0 Å². The normalized spacial score (nSPS) is 17.1. The molecule has 58 valence electrons. The van der Waals surface area contributed by atoms with Gasteiger partial charge in [0.1, 0.15) is 0 Å². The van der Waals surface area contributed by atoms with Gasteiger partial charge in [-0.2, -0.15) is 0 Å². The molecule has 0 N–H and O–H groups in total. The van der Waals surface area contributed by atoms with E-state index in [9.17, 15) is 0 Å². The predicted octanol–water partition coefficient (Wildman–Crippen LogP) is 0.257. The van der Waals surface area contributed by atoms with E-state index in [-0.39, 0.29) is 20.3 Å². The average Bonchev–Trinajstić information content (AvgIpc) is 2.11. The summed E-state index contributed by atoms with van der Waals surface area (Å²) in [5.74, 6) is 0. The van der Waals surface area contributed by atoms with Crippen molar-refractivity contribution in [2.45, 2.75) is 33.0 Å². The first-order chi connectivity index (χ1) is 4.52. The molecule has 1 aliphatic rings. The number of hydrogen-bond acceptors (Lipinski definition) is 0. The van der Waals surface area contributed by atoms with E-state index in [4.69, 9.17) is 0 Å². The molecule has 0 saturated carbocycles. The van der Waals surface area contributed by atoms with Crippen molar-refractivity contribution in [2.75, 3.05) is 0 Å². The Morgan fingerprint density at radius 3 is 2.09 bits per heavy atom. The van der Waals surface area contributed by atoms with Crippen molar-refractivity contribution in [1.82, 2.24) is 0 Å². The molecule has 0 fully saturated rings. The van der Waals surface area contributed by atoms with Crippen molar-refractivity contribution >= 4 is 8.07 Å². The second-order valence-electron chi connectivity index (χ2n) is 4.05. The van der Waals surface area contributed by atoms with Crippen LogP contribution in [0.5, 0.6) is 0 Å². The van der Waals surface area contributed by atoms with Crippen LogP contribution in [0.25, 0.3) is 0 Å². The van der Waals surface area contributed by atoms with E-state index >= 15 is 0 Å². The van der Waals surface area contributed by atoms with E-state index in [0.29, 0.717) is 0 Å². The summed E-state index contributed by atoms with van der Waals surface area (Å²) in [6.45, 7) is 9.47. The Morgan fingerprint density at radius 1 is 1.36 bits per heavy atom. The quantitative estimate of drug-likeness (QED) is 0.483. The van der Waals surface area contributed by atoms with Gasteiger partial charge in [0, 0.05) is 0 Å². The molecule has 0 aromatic carbocycles. The molecular formula is C9H17LiSi. The molecule has 0 heterocycles. The minimum atomic E-state index is -0.994. The first-order valence-corrected chi connectivity index (χ1v) is 7.38. The summed E-state index contributed by atoms with van der Waals surface area (Å²) in [7, 11) is -0.994. The van der Waals surface area contributed by atoms with E-state index in [1.54, 1.807) is 10.8 Å². The van der Waals surface area contributed by atoms with Crippen LogP contribution in [0.3, 0.4) is 0 Å². The summed E-state index contributed by atoms with van der Waals surface area (Å²) in [5, 5.41) is 1.66. The molecule has 0 nitrogen and oxygen atoms in total. The minimum Gasteiger partial charge on any atom is -1.00 e. The number of hydrogen-bond donors (Lipinski definition) is 0. The van der Waals surface area contributed by atoms with Crippen molar-refractivity contribution in [2.24, 2.45) is 0 Å². The van der Waals surface area contributed by atoms with Gasteiger partial charge in [0.2, 0.25) is 0 Å². The first kappa shape index (κ1) is 11.3. The molecule has 11 heavy (non-hydrogen) atoms. The maximum atomic E-state index is 2.40. The Morgan fingerprint density at radius 2 is 1.91 bits per heavy atom. The van der Waals surface area contributed by atoms with Gasteiger partial charge < -0.3 is 1.43 Å². The van der Waals surface area contributed by atoms with Crippen LogP contribution in [0.4, 0.5) is 0 Å². The van der Waals surface area contributed by atoms with E-state index < -0.39 is 8.07 Å². The Balaban J connectivity index is 0. The van der Waals surface area contributed by atoms with E-state index in [0.717, 1.165) is 0 Å². The van der Waals surface area contributed by atoms with Gasteiger partial charge in [-0.15, -0.1) is 0 Å². The van der Waals surface area contributed by atoms with Crippen LogP contribution >= 0.6 is 0 Å². The summed E-state index contributed by atoms with van der Waals surface area (Å²) in [6.07, 6.45) is 5.80. The van der Waals surface area contributed by atoms with Crippen LogP contribution in [-0.2, 0) is 0 Å². The Kier molecular flexibility index (Phi) is 3.90. The van der Waals surface area contributed by atoms with E-state index in [1.165, 1.54) is 6.42 Å². The van der Waals surface area contributed by atoms with Crippen molar-refractivity contribution in [1.29, 1.82) is 0 Å². The Labute approximate surface area is 84.4 Å². The zero-order chi connectivity index (χ0) is 7.78. The molecule has 0 amide bonds. The summed E-state index contributed by atoms with van der Waals surface area (Å²) in [6, 6.07) is 0. The van der Waals surface area contributed by atoms with Gasteiger partial charge in [0.25, 0.3) is 0 Å². The van der Waals surface area contributed by atoms with Crippen molar-refractivity contribution in [3.63, 3.8) is 0 Å². The van der Waals surface area contributed by atoms with Crippen molar-refractivity contribution in [3.05, 3.63) is 22.9 Å². The van der Waals surface area contributed by atoms with Crippen LogP contribution < -0.4 is 18.9 Å². The average molecular weight is 160 g/mol. The zero-order valence-corrected chi connectivity index (χ0v) is 9.36. The third-order valence-corrected chi connectivity index (χ3v) is 4.19. The van der Waals surface area contributed by atoms with Crippen LogP contribution in [0.2, 0.25) is 19.6 Å². The maximum absolute atomic E-state index is 2.40. The van der Waals surface area contributed by atoms with Gasteiger partial charge in [0.05, 0.1) is 8.07 Å². The topological polar surface area (TPSA) is 0 Å². The molecule has 0 bridgehead atoms. The molecule has 0 atom stereocenters. The third kappa shape index (κ3) is 2.67. The molecule has 0 radical (unpaired) electrons. The molecule has 0 aromatic rings. The molecule has 2 heteroatoms. The fourth-order valence-electron chi connectivity index (χ4n) is 1.50. The summed E-state index contributed by atoms with van der Waals surface area (Å²) in [4.78, 5) is 0. The third-order valence-electron chi connectivity index (χ3n) is 1.98. The first-order valence-electron chi connectivity index (χ1n) is 3.88. The summed E-state index contributed by atoms with van der Waals surface area (Å²) < 4.78 is 0. The molecule has 0 aliphatic heterocycles. The summed E-state index contributed by atoms with van der Waals surface area (Å²) in [5.41, 5.74) is 1.60. The molecule has 1 rings (SSSR count). The molecule has 0 unspecified atom stereocenters. The monoisotopic (exact) mass is 160 g/mol. The standard InChI is InChI=1S/C9H16Si.Li.H/c1-8-6-5-7-9(8)10(2,3)4;;/h5,7H,6H2,1-4H3;;/q;+1;-1. The van der Waals surface area contributed by atoms with Gasteiger partial charge in [-0.1, -0.05) is 42.6 Å². The van der Waals surface area contributed by atoms with Crippen LogP contribution in [-0.4, -0.2) is 8.07 Å². The minimum absolute atomic E-state index is 0. The van der Waals surface area contributed by atoms with Gasteiger partial charge in [0.15, 0.2) is 0 Å². The fraction of sp³-hybridized carbons (Fsp3) is 0.556. The fourth-order valence-corrected chi connectivity index (χ4v) is 3.50. The molecule has 0 aromatic heterocycles. The molecule has 1 aliphatic carbocycles. The Hall–Kier alpha value is 0.294. The van der Waals surface area contributed by atoms with Gasteiger partial charge in [-0.25, -0.2) is 0 Å². The van der Waals surface area contributed by atoms with Crippen LogP contribution in [0.15, 0.2) is 22.9 Å². The largest absolute Gasteiger partial charge is 1.00 e. The predicted molar refractivity (Wildman–Crippen MR) is 50.9 cm³/mol. The molecule has 0 saturated heterocycles. The van der Waals surface area contributed by atoms with Crippen LogP contribution in [0, 0.1) is 0 Å². The second-order valence-corrected chi connectivity index (χ2v) is 9.09. The molecule has 0 spiro atoms. The smallest absolute Gasteiger partial charge is 1.00 e. The maximum Gasteiger partial charge on any atom is 1.00 e. The number of rotatable bonds is 1. The van der Waals surface area contributed by atoms with Crippen molar-refractivity contribution in [3.8, 4) is 0 Å². The SMILES string of the molecule is CC1=C([Si](C)(C)C)C=CC1.[H-].[Li+]. The van der Waals surface area contributed by atoms with Gasteiger partial charge in [-0.05, 0) is 13.3 Å². The van der Waals surface area contributed by atoms with Gasteiger partial charge >= 0.3 is 18.9 Å².